The summed E-state index contributed by atoms with van der Waals surface area (Å²) in [6.45, 7) is 7.26. The fourth-order valence-electron chi connectivity index (χ4n) is 2.61. The van der Waals surface area contributed by atoms with Crippen molar-refractivity contribution in [3.63, 3.8) is 0 Å². The fourth-order valence-corrected chi connectivity index (χ4v) is 2.93. The van der Waals surface area contributed by atoms with Crippen molar-refractivity contribution in [1.82, 2.24) is 10.3 Å². The van der Waals surface area contributed by atoms with Gasteiger partial charge in [-0.3, -0.25) is 4.98 Å². The normalized spacial score (nSPS) is 12.4. The van der Waals surface area contributed by atoms with E-state index in [-0.39, 0.29) is 6.04 Å². The lowest BCUT2D eigenvalue weighted by Gasteiger charge is -2.20. The second-order valence-corrected chi connectivity index (χ2v) is 5.72. The number of hydrogen-bond acceptors (Lipinski definition) is 2. The molecule has 0 aliphatic heterocycles. The van der Waals surface area contributed by atoms with Crippen LogP contribution in [0.3, 0.4) is 0 Å². The van der Waals surface area contributed by atoms with Gasteiger partial charge in [0, 0.05) is 11.2 Å². The Morgan fingerprint density at radius 2 is 2.00 bits per heavy atom. The van der Waals surface area contributed by atoms with Crippen LogP contribution in [0.25, 0.3) is 0 Å². The number of aromatic nitrogens is 1. The SMILES string of the molecule is CCNC(Cc1ccc(C)cc1Cl)c1ncccc1CC. The van der Waals surface area contributed by atoms with Crippen molar-refractivity contribution in [1.29, 1.82) is 0 Å². The van der Waals surface area contributed by atoms with E-state index in [1.807, 2.05) is 18.3 Å². The molecule has 0 aliphatic carbocycles. The predicted molar refractivity (Wildman–Crippen MR) is 89.9 cm³/mol. The van der Waals surface area contributed by atoms with Gasteiger partial charge in [0.25, 0.3) is 0 Å². The summed E-state index contributed by atoms with van der Waals surface area (Å²) in [5, 5.41) is 4.38. The second kappa shape index (κ2) is 7.58. The quantitative estimate of drug-likeness (QED) is 0.850. The zero-order valence-electron chi connectivity index (χ0n) is 13.0. The molecule has 1 aromatic heterocycles. The topological polar surface area (TPSA) is 24.9 Å². The largest absolute Gasteiger partial charge is 0.309 e. The minimum Gasteiger partial charge on any atom is -0.309 e. The van der Waals surface area contributed by atoms with Gasteiger partial charge in [-0.15, -0.1) is 0 Å². The van der Waals surface area contributed by atoms with E-state index < -0.39 is 0 Å². The molecule has 1 atom stereocenters. The zero-order chi connectivity index (χ0) is 15.2. The van der Waals surface area contributed by atoms with E-state index in [1.54, 1.807) is 0 Å². The number of benzene rings is 1. The highest BCUT2D eigenvalue weighted by molar-refractivity contribution is 6.31. The summed E-state index contributed by atoms with van der Waals surface area (Å²) in [6.07, 6.45) is 3.72. The number of nitrogens with one attached hydrogen (secondary N) is 1. The Balaban J connectivity index is 2.30. The molecular weight excluding hydrogens is 280 g/mol. The van der Waals surface area contributed by atoms with Gasteiger partial charge in [0.05, 0.1) is 11.7 Å². The van der Waals surface area contributed by atoms with E-state index in [0.717, 1.165) is 30.1 Å². The monoisotopic (exact) mass is 302 g/mol. The lowest BCUT2D eigenvalue weighted by Crippen LogP contribution is -2.25. The molecule has 2 rings (SSSR count). The first kappa shape index (κ1) is 16.0. The molecule has 0 fully saturated rings. The maximum atomic E-state index is 6.39. The molecule has 0 bridgehead atoms. The van der Waals surface area contributed by atoms with Gasteiger partial charge >= 0.3 is 0 Å². The van der Waals surface area contributed by atoms with E-state index in [0.29, 0.717) is 0 Å². The third-order valence-electron chi connectivity index (χ3n) is 3.72. The molecule has 0 amide bonds. The maximum Gasteiger partial charge on any atom is 0.0608 e. The van der Waals surface area contributed by atoms with Crippen LogP contribution < -0.4 is 5.32 Å². The lowest BCUT2D eigenvalue weighted by atomic mass is 9.97. The van der Waals surface area contributed by atoms with Gasteiger partial charge in [0.2, 0.25) is 0 Å². The Labute approximate surface area is 132 Å². The van der Waals surface area contributed by atoms with E-state index >= 15 is 0 Å². The highest BCUT2D eigenvalue weighted by Gasteiger charge is 2.17. The average molecular weight is 303 g/mol. The summed E-state index contributed by atoms with van der Waals surface area (Å²) in [4.78, 5) is 4.61. The van der Waals surface area contributed by atoms with Crippen molar-refractivity contribution in [2.45, 2.75) is 39.7 Å². The number of pyridine rings is 1. The highest BCUT2D eigenvalue weighted by Crippen LogP contribution is 2.25. The summed E-state index contributed by atoms with van der Waals surface area (Å²) in [5.74, 6) is 0. The van der Waals surface area contributed by atoms with Crippen LogP contribution in [0.15, 0.2) is 36.5 Å². The highest BCUT2D eigenvalue weighted by atomic mass is 35.5. The number of rotatable bonds is 6. The van der Waals surface area contributed by atoms with Crippen LogP contribution in [0.2, 0.25) is 5.02 Å². The predicted octanol–water partition coefficient (Wildman–Crippen LogP) is 4.50. The minimum atomic E-state index is 0.200. The van der Waals surface area contributed by atoms with Crippen molar-refractivity contribution in [2.24, 2.45) is 0 Å². The second-order valence-electron chi connectivity index (χ2n) is 5.31. The van der Waals surface area contributed by atoms with Gasteiger partial charge in [0.15, 0.2) is 0 Å². The van der Waals surface area contributed by atoms with Gasteiger partial charge in [-0.25, -0.2) is 0 Å². The molecule has 112 valence electrons. The fraction of sp³-hybridized carbons (Fsp3) is 0.389. The number of halogens is 1. The van der Waals surface area contributed by atoms with Crippen LogP contribution >= 0.6 is 11.6 Å². The summed E-state index contributed by atoms with van der Waals surface area (Å²) < 4.78 is 0. The molecule has 1 heterocycles. The van der Waals surface area contributed by atoms with Crippen LogP contribution in [-0.4, -0.2) is 11.5 Å². The Bertz CT molecular complexity index is 596. The first-order valence-corrected chi connectivity index (χ1v) is 7.95. The lowest BCUT2D eigenvalue weighted by molar-refractivity contribution is 0.532. The van der Waals surface area contributed by atoms with E-state index in [2.05, 4.69) is 49.3 Å². The molecule has 1 aromatic carbocycles. The minimum absolute atomic E-state index is 0.200. The smallest absolute Gasteiger partial charge is 0.0608 e. The Morgan fingerprint density at radius 3 is 2.67 bits per heavy atom. The van der Waals surface area contributed by atoms with Crippen LogP contribution in [0.1, 0.15) is 42.3 Å². The van der Waals surface area contributed by atoms with Crippen molar-refractivity contribution in [3.05, 3.63) is 63.9 Å². The number of aryl methyl sites for hydroxylation is 2. The molecule has 0 saturated heterocycles. The summed E-state index contributed by atoms with van der Waals surface area (Å²) in [7, 11) is 0. The first-order chi connectivity index (χ1) is 10.2. The molecule has 0 saturated carbocycles. The van der Waals surface area contributed by atoms with Crippen molar-refractivity contribution in [2.75, 3.05) is 6.54 Å². The molecule has 0 radical (unpaired) electrons. The number of hydrogen-bond donors (Lipinski definition) is 1. The Morgan fingerprint density at radius 1 is 1.19 bits per heavy atom. The van der Waals surface area contributed by atoms with Crippen molar-refractivity contribution < 1.29 is 0 Å². The average Bonchev–Trinajstić information content (AvgIpc) is 2.49. The molecular formula is C18H23ClN2. The molecule has 1 N–H and O–H groups in total. The van der Waals surface area contributed by atoms with E-state index in [9.17, 15) is 0 Å². The van der Waals surface area contributed by atoms with Crippen molar-refractivity contribution >= 4 is 11.6 Å². The molecule has 2 aromatic rings. The number of likely N-dealkylation sites (N-methyl/N-ethyl adjacent to an activating group) is 1. The summed E-state index contributed by atoms with van der Waals surface area (Å²) in [5.41, 5.74) is 4.79. The van der Waals surface area contributed by atoms with Gasteiger partial charge in [0.1, 0.15) is 0 Å². The van der Waals surface area contributed by atoms with Gasteiger partial charge < -0.3 is 5.32 Å². The zero-order valence-corrected chi connectivity index (χ0v) is 13.7. The third kappa shape index (κ3) is 4.05. The summed E-state index contributed by atoms with van der Waals surface area (Å²) in [6, 6.07) is 10.6. The van der Waals surface area contributed by atoms with Crippen LogP contribution in [0, 0.1) is 6.92 Å². The third-order valence-corrected chi connectivity index (χ3v) is 4.07. The van der Waals surface area contributed by atoms with Crippen LogP contribution in [0.4, 0.5) is 0 Å². The maximum absolute atomic E-state index is 6.39. The van der Waals surface area contributed by atoms with Gasteiger partial charge in [-0.05, 0) is 55.1 Å². The standard InChI is InChI=1S/C18H23ClN2/c1-4-14-7-6-10-21-18(14)17(20-5-2)12-15-9-8-13(3)11-16(15)19/h6-11,17,20H,4-5,12H2,1-3H3. The Hall–Kier alpha value is -1.38. The summed E-state index contributed by atoms with van der Waals surface area (Å²) >= 11 is 6.39. The molecule has 0 aliphatic rings. The number of nitrogens with zero attached hydrogens (tertiary/aromatic N) is 1. The molecule has 21 heavy (non-hydrogen) atoms. The van der Waals surface area contributed by atoms with Crippen LogP contribution in [-0.2, 0) is 12.8 Å². The van der Waals surface area contributed by atoms with Gasteiger partial charge in [-0.1, -0.05) is 43.6 Å². The Kier molecular flexibility index (Phi) is 5.77. The first-order valence-electron chi connectivity index (χ1n) is 7.57. The molecule has 3 heteroatoms. The van der Waals surface area contributed by atoms with Gasteiger partial charge in [-0.2, -0.15) is 0 Å². The molecule has 1 unspecified atom stereocenters. The van der Waals surface area contributed by atoms with Crippen LogP contribution in [0.5, 0.6) is 0 Å². The van der Waals surface area contributed by atoms with Crippen molar-refractivity contribution in [3.8, 4) is 0 Å². The molecule has 2 nitrogen and oxygen atoms in total. The van der Waals surface area contributed by atoms with E-state index in [4.69, 9.17) is 11.6 Å². The molecule has 0 spiro atoms. The van der Waals surface area contributed by atoms with E-state index in [1.165, 1.54) is 16.7 Å².